The van der Waals surface area contributed by atoms with Crippen LogP contribution in [0.15, 0.2) is 0 Å². The van der Waals surface area contributed by atoms with Gasteiger partial charge in [0.1, 0.15) is 5.82 Å². The highest BCUT2D eigenvalue weighted by atomic mass is 19.3. The molecule has 0 bridgehead atoms. The second-order valence-electron chi connectivity index (χ2n) is 3.89. The predicted molar refractivity (Wildman–Crippen MR) is 45.4 cm³/mol. The van der Waals surface area contributed by atoms with E-state index in [4.69, 9.17) is 5.11 Å². The summed E-state index contributed by atoms with van der Waals surface area (Å²) < 4.78 is 91.6. The van der Waals surface area contributed by atoms with Gasteiger partial charge in [-0.15, -0.1) is 0 Å². The molecule has 0 radical (unpaired) electrons. The van der Waals surface area contributed by atoms with Crippen LogP contribution < -0.4 is 0 Å². The van der Waals surface area contributed by atoms with Gasteiger partial charge in [0.15, 0.2) is 11.6 Å². The van der Waals surface area contributed by atoms with Gasteiger partial charge in [-0.05, 0) is 0 Å². The van der Waals surface area contributed by atoms with Crippen LogP contribution in [0, 0.1) is 17.5 Å². The van der Waals surface area contributed by atoms with Gasteiger partial charge in [-0.1, -0.05) is 0 Å². The lowest BCUT2D eigenvalue weighted by atomic mass is 9.77. The van der Waals surface area contributed by atoms with Crippen LogP contribution in [0.5, 0.6) is 0 Å². The SMILES string of the molecule is O=C(O)Cc1c(F)c(F)c2c(c1F)C(F)(F)C2(F)F. The summed E-state index contributed by atoms with van der Waals surface area (Å²) in [6, 6.07) is 0. The van der Waals surface area contributed by atoms with E-state index in [0.29, 0.717) is 0 Å². The molecule has 0 saturated heterocycles. The van der Waals surface area contributed by atoms with Crippen molar-refractivity contribution in [2.75, 3.05) is 0 Å². The first-order chi connectivity index (χ1) is 8.53. The molecule has 1 aliphatic carbocycles. The molecule has 0 aliphatic heterocycles. The molecule has 104 valence electrons. The number of hydrogen-bond acceptors (Lipinski definition) is 1. The number of carbonyl (C=O) groups is 1. The van der Waals surface area contributed by atoms with Crippen LogP contribution in [-0.4, -0.2) is 11.1 Å². The van der Waals surface area contributed by atoms with Crippen molar-refractivity contribution in [3.63, 3.8) is 0 Å². The topological polar surface area (TPSA) is 37.3 Å². The molecule has 1 aromatic carbocycles. The molecule has 0 unspecified atom stereocenters. The van der Waals surface area contributed by atoms with E-state index in [9.17, 15) is 35.5 Å². The van der Waals surface area contributed by atoms with E-state index in [1.165, 1.54) is 0 Å². The van der Waals surface area contributed by atoms with Gasteiger partial charge in [0.25, 0.3) is 0 Å². The molecule has 0 heterocycles. The predicted octanol–water partition coefficient (Wildman–Crippen LogP) is 2.93. The molecule has 1 N–H and O–H groups in total. The van der Waals surface area contributed by atoms with Crippen molar-refractivity contribution in [2.45, 2.75) is 18.3 Å². The second-order valence-corrected chi connectivity index (χ2v) is 3.89. The quantitative estimate of drug-likeness (QED) is 0.671. The molecular formula is C10H3F7O2. The summed E-state index contributed by atoms with van der Waals surface area (Å²) in [7, 11) is 0. The maximum atomic E-state index is 13.5. The highest BCUT2D eigenvalue weighted by Gasteiger charge is 2.73. The molecule has 0 aromatic heterocycles. The van der Waals surface area contributed by atoms with Crippen molar-refractivity contribution in [1.82, 2.24) is 0 Å². The Kier molecular flexibility index (Phi) is 2.59. The summed E-state index contributed by atoms with van der Waals surface area (Å²) >= 11 is 0. The Bertz CT molecular complexity index is 594. The van der Waals surface area contributed by atoms with Crippen molar-refractivity contribution in [3.05, 3.63) is 34.1 Å². The molecule has 0 saturated carbocycles. The van der Waals surface area contributed by atoms with Gasteiger partial charge in [-0.3, -0.25) is 4.79 Å². The van der Waals surface area contributed by atoms with Crippen LogP contribution in [0.4, 0.5) is 30.7 Å². The average molecular weight is 288 g/mol. The van der Waals surface area contributed by atoms with Crippen molar-refractivity contribution in [1.29, 1.82) is 0 Å². The third-order valence-corrected chi connectivity index (χ3v) is 2.76. The zero-order chi connectivity index (χ0) is 14.7. The lowest BCUT2D eigenvalue weighted by Crippen LogP contribution is -2.49. The largest absolute Gasteiger partial charge is 0.481 e. The fraction of sp³-hybridized carbons (Fsp3) is 0.300. The summed E-state index contributed by atoms with van der Waals surface area (Å²) in [5.41, 5.74) is -5.58. The fourth-order valence-corrected chi connectivity index (χ4v) is 1.86. The van der Waals surface area contributed by atoms with Gasteiger partial charge in [0.05, 0.1) is 17.5 Å². The minimum absolute atomic E-state index is 1.44. The fourth-order valence-electron chi connectivity index (χ4n) is 1.86. The summed E-state index contributed by atoms with van der Waals surface area (Å²) in [5, 5.41) is 8.33. The maximum absolute atomic E-state index is 13.5. The first-order valence-corrected chi connectivity index (χ1v) is 4.71. The van der Waals surface area contributed by atoms with Gasteiger partial charge >= 0.3 is 17.8 Å². The maximum Gasteiger partial charge on any atom is 0.343 e. The number of halogens is 7. The normalized spacial score (nSPS) is 18.7. The number of rotatable bonds is 2. The number of alkyl halides is 4. The molecule has 0 spiro atoms. The Hall–Kier alpha value is -1.80. The summed E-state index contributed by atoms with van der Waals surface area (Å²) in [6.07, 6.45) is -1.44. The monoisotopic (exact) mass is 288 g/mol. The number of carboxylic acids is 1. The van der Waals surface area contributed by atoms with Gasteiger partial charge in [-0.2, -0.15) is 17.6 Å². The molecule has 2 nitrogen and oxygen atoms in total. The standard InChI is InChI=1S/C10H3F7O2/c11-6-2(1-3(18)19)7(12)8(13)5-4(6)9(14,15)10(5,16)17/h1H2,(H,18,19). The minimum atomic E-state index is -5.03. The highest BCUT2D eigenvalue weighted by Crippen LogP contribution is 2.62. The Morgan fingerprint density at radius 2 is 1.32 bits per heavy atom. The van der Waals surface area contributed by atoms with Gasteiger partial charge in [0.2, 0.25) is 0 Å². The Morgan fingerprint density at radius 1 is 0.895 bits per heavy atom. The Morgan fingerprint density at radius 3 is 1.74 bits per heavy atom. The summed E-state index contributed by atoms with van der Waals surface area (Å²) in [6.45, 7) is 0. The molecule has 1 aliphatic rings. The van der Waals surface area contributed by atoms with E-state index in [-0.39, 0.29) is 0 Å². The lowest BCUT2D eigenvalue weighted by molar-refractivity contribution is -0.258. The second kappa shape index (κ2) is 3.61. The van der Waals surface area contributed by atoms with Crippen LogP contribution in [0.2, 0.25) is 0 Å². The molecule has 1 aromatic rings. The van der Waals surface area contributed by atoms with Crippen LogP contribution in [0.3, 0.4) is 0 Å². The molecule has 0 atom stereocenters. The van der Waals surface area contributed by atoms with E-state index in [0.717, 1.165) is 0 Å². The van der Waals surface area contributed by atoms with Gasteiger partial charge in [-0.25, -0.2) is 13.2 Å². The van der Waals surface area contributed by atoms with E-state index in [1.807, 2.05) is 0 Å². The Balaban J connectivity index is 2.78. The van der Waals surface area contributed by atoms with Crippen LogP contribution in [0.25, 0.3) is 0 Å². The molecule has 0 amide bonds. The highest BCUT2D eigenvalue weighted by molar-refractivity contribution is 5.71. The number of benzene rings is 1. The zero-order valence-corrected chi connectivity index (χ0v) is 8.71. The molecular weight excluding hydrogens is 285 g/mol. The molecule has 0 fully saturated rings. The summed E-state index contributed by atoms with van der Waals surface area (Å²) in [5.74, 6) is -18.6. The van der Waals surface area contributed by atoms with E-state index in [2.05, 4.69) is 0 Å². The van der Waals surface area contributed by atoms with Crippen molar-refractivity contribution in [3.8, 4) is 0 Å². The number of fused-ring (bicyclic) bond motifs is 1. The van der Waals surface area contributed by atoms with Crippen molar-refractivity contribution < 1.29 is 40.6 Å². The van der Waals surface area contributed by atoms with Crippen molar-refractivity contribution >= 4 is 5.97 Å². The first kappa shape index (κ1) is 13.6. The van der Waals surface area contributed by atoms with Crippen LogP contribution in [0.1, 0.15) is 16.7 Å². The lowest BCUT2D eigenvalue weighted by Gasteiger charge is -2.39. The van der Waals surface area contributed by atoms with Crippen molar-refractivity contribution in [2.24, 2.45) is 0 Å². The average Bonchev–Trinajstić information content (AvgIpc) is 2.27. The molecule has 19 heavy (non-hydrogen) atoms. The summed E-state index contributed by atoms with van der Waals surface area (Å²) in [4.78, 5) is 10.3. The van der Waals surface area contributed by atoms with Gasteiger partial charge < -0.3 is 5.11 Å². The van der Waals surface area contributed by atoms with Crippen LogP contribution >= 0.6 is 0 Å². The third kappa shape index (κ3) is 1.47. The van der Waals surface area contributed by atoms with Crippen LogP contribution in [-0.2, 0) is 23.1 Å². The first-order valence-electron chi connectivity index (χ1n) is 4.71. The molecule has 2 rings (SSSR count). The number of hydrogen-bond donors (Lipinski definition) is 1. The minimum Gasteiger partial charge on any atom is -0.481 e. The molecule has 9 heteroatoms. The number of aliphatic carboxylic acids is 1. The smallest absolute Gasteiger partial charge is 0.343 e. The zero-order valence-electron chi connectivity index (χ0n) is 8.71. The number of carboxylic acid groups (broad SMARTS) is 1. The Labute approximate surface area is 100.0 Å². The van der Waals surface area contributed by atoms with E-state index < -0.39 is 58.4 Å². The van der Waals surface area contributed by atoms with Gasteiger partial charge in [0, 0.05) is 5.56 Å². The van der Waals surface area contributed by atoms with E-state index >= 15 is 0 Å². The third-order valence-electron chi connectivity index (χ3n) is 2.76. The van der Waals surface area contributed by atoms with E-state index in [1.54, 1.807) is 0 Å².